The Morgan fingerprint density at radius 1 is 1.15 bits per heavy atom. The average molecular weight is 463 g/mol. The van der Waals surface area contributed by atoms with E-state index in [0.717, 1.165) is 12.8 Å². The Labute approximate surface area is 194 Å². The molecule has 2 saturated heterocycles. The molecule has 1 unspecified atom stereocenters. The van der Waals surface area contributed by atoms with Gasteiger partial charge in [-0.2, -0.15) is 0 Å². The molecule has 1 amide bonds. The van der Waals surface area contributed by atoms with Crippen molar-refractivity contribution in [2.24, 2.45) is 5.41 Å². The standard InChI is InChI=1S/C23H34N4O6/c1-15(28)17-12-19(27(31)32)20(33-5)13-18(17)24-8-6-16(7-9-24)25-10-11-26(22(29)30)21(14-25)23(2,3)4/h12-13,16,21H,6-11,14H2,1-5H3,(H,29,30). The fraction of sp³-hybridized carbons (Fsp3) is 0.652. The van der Waals surface area contributed by atoms with E-state index in [1.54, 1.807) is 11.0 Å². The van der Waals surface area contributed by atoms with E-state index in [1.807, 2.05) is 0 Å². The molecule has 0 bridgehead atoms. The molecule has 2 fully saturated rings. The smallest absolute Gasteiger partial charge is 0.407 e. The summed E-state index contributed by atoms with van der Waals surface area (Å²) in [4.78, 5) is 40.9. The molecule has 2 aliphatic rings. The van der Waals surface area contributed by atoms with Gasteiger partial charge >= 0.3 is 11.8 Å². The maximum atomic E-state index is 12.3. The van der Waals surface area contributed by atoms with Gasteiger partial charge in [-0.1, -0.05) is 20.8 Å². The summed E-state index contributed by atoms with van der Waals surface area (Å²) < 4.78 is 5.22. The molecule has 33 heavy (non-hydrogen) atoms. The Bertz CT molecular complexity index is 920. The molecule has 1 atom stereocenters. The van der Waals surface area contributed by atoms with Crippen molar-refractivity contribution in [1.29, 1.82) is 0 Å². The van der Waals surface area contributed by atoms with Gasteiger partial charge in [0.15, 0.2) is 11.5 Å². The highest BCUT2D eigenvalue weighted by atomic mass is 16.6. The molecule has 10 nitrogen and oxygen atoms in total. The monoisotopic (exact) mass is 462 g/mol. The second-order valence-electron chi connectivity index (χ2n) is 9.93. The molecule has 0 aliphatic carbocycles. The van der Waals surface area contributed by atoms with Crippen molar-refractivity contribution >= 4 is 23.3 Å². The zero-order chi connectivity index (χ0) is 24.5. The molecule has 0 saturated carbocycles. The van der Waals surface area contributed by atoms with Gasteiger partial charge in [-0.15, -0.1) is 0 Å². The van der Waals surface area contributed by atoms with Crippen LogP contribution in [-0.4, -0.2) is 83.6 Å². The van der Waals surface area contributed by atoms with Crippen molar-refractivity contribution in [3.63, 3.8) is 0 Å². The number of anilines is 1. The summed E-state index contributed by atoms with van der Waals surface area (Å²) in [6.07, 6.45) is 0.856. The van der Waals surface area contributed by atoms with Crippen molar-refractivity contribution in [2.75, 3.05) is 44.7 Å². The van der Waals surface area contributed by atoms with Crippen molar-refractivity contribution in [2.45, 2.75) is 52.6 Å². The lowest BCUT2D eigenvalue weighted by Gasteiger charge is -2.49. The van der Waals surface area contributed by atoms with Crippen LogP contribution in [0.3, 0.4) is 0 Å². The number of carboxylic acid groups (broad SMARTS) is 1. The van der Waals surface area contributed by atoms with Crippen LogP contribution in [0.2, 0.25) is 0 Å². The number of Topliss-reactive ketones (excluding diaryl/α,β-unsaturated/α-hetero) is 1. The van der Waals surface area contributed by atoms with Crippen LogP contribution in [0.1, 0.15) is 50.9 Å². The highest BCUT2D eigenvalue weighted by Crippen LogP contribution is 2.37. The fourth-order valence-electron chi connectivity index (χ4n) is 4.99. The van der Waals surface area contributed by atoms with Crippen LogP contribution in [0.25, 0.3) is 0 Å². The SMILES string of the molecule is COc1cc(N2CCC(N3CCN(C(=O)O)C(C(C)(C)C)C3)CC2)c(C(C)=O)cc1[N+](=O)[O-]. The van der Waals surface area contributed by atoms with Crippen molar-refractivity contribution in [1.82, 2.24) is 9.80 Å². The van der Waals surface area contributed by atoms with Gasteiger partial charge in [-0.3, -0.25) is 19.8 Å². The summed E-state index contributed by atoms with van der Waals surface area (Å²) in [6.45, 7) is 10.9. The van der Waals surface area contributed by atoms with E-state index >= 15 is 0 Å². The third kappa shape index (κ3) is 5.21. The van der Waals surface area contributed by atoms with Gasteiger partial charge in [-0.05, 0) is 25.2 Å². The van der Waals surface area contributed by atoms with Crippen molar-refractivity contribution in [3.05, 3.63) is 27.8 Å². The van der Waals surface area contributed by atoms with E-state index in [2.05, 4.69) is 30.6 Å². The normalized spacial score (nSPS) is 20.6. The molecule has 0 radical (unpaired) electrons. The van der Waals surface area contributed by atoms with E-state index in [-0.39, 0.29) is 28.7 Å². The summed E-state index contributed by atoms with van der Waals surface area (Å²) in [5.41, 5.74) is 0.602. The number of ketones is 1. The zero-order valence-corrected chi connectivity index (χ0v) is 20.0. The molecule has 0 aromatic heterocycles. The minimum Gasteiger partial charge on any atom is -0.490 e. The molecule has 10 heteroatoms. The first kappa shape index (κ1) is 24.8. The number of ether oxygens (including phenoxy) is 1. The van der Waals surface area contributed by atoms with Crippen LogP contribution in [-0.2, 0) is 0 Å². The van der Waals surface area contributed by atoms with Gasteiger partial charge in [0.25, 0.3) is 0 Å². The number of amides is 1. The topological polar surface area (TPSA) is 116 Å². The molecule has 1 aromatic carbocycles. The molecule has 3 rings (SSSR count). The number of hydrogen-bond acceptors (Lipinski definition) is 7. The molecular weight excluding hydrogens is 428 g/mol. The van der Waals surface area contributed by atoms with E-state index in [0.29, 0.717) is 50.0 Å². The Morgan fingerprint density at radius 3 is 2.27 bits per heavy atom. The van der Waals surface area contributed by atoms with Gasteiger partial charge in [-0.25, -0.2) is 4.79 Å². The van der Waals surface area contributed by atoms with Crippen molar-refractivity contribution < 1.29 is 24.4 Å². The Kier molecular flexibility index (Phi) is 7.16. The maximum absolute atomic E-state index is 12.3. The largest absolute Gasteiger partial charge is 0.490 e. The van der Waals surface area contributed by atoms with Crippen LogP contribution >= 0.6 is 0 Å². The second-order valence-corrected chi connectivity index (χ2v) is 9.93. The average Bonchev–Trinajstić information content (AvgIpc) is 2.77. The lowest BCUT2D eigenvalue weighted by molar-refractivity contribution is -0.385. The summed E-state index contributed by atoms with van der Waals surface area (Å²) in [5.74, 6) is -0.0874. The molecular formula is C23H34N4O6. The quantitative estimate of drug-likeness (QED) is 0.402. The first-order valence-corrected chi connectivity index (χ1v) is 11.3. The van der Waals surface area contributed by atoms with E-state index in [1.165, 1.54) is 20.1 Å². The van der Waals surface area contributed by atoms with Gasteiger partial charge in [0.05, 0.1) is 23.8 Å². The lowest BCUT2D eigenvalue weighted by atomic mass is 9.83. The third-order valence-corrected chi connectivity index (χ3v) is 6.85. The molecule has 2 heterocycles. The molecule has 0 spiro atoms. The number of nitro groups is 1. The van der Waals surface area contributed by atoms with Crippen LogP contribution < -0.4 is 9.64 Å². The highest BCUT2D eigenvalue weighted by molar-refractivity contribution is 6.01. The minimum atomic E-state index is -0.867. The maximum Gasteiger partial charge on any atom is 0.407 e. The predicted octanol–water partition coefficient (Wildman–Crippen LogP) is 3.49. The summed E-state index contributed by atoms with van der Waals surface area (Å²) in [5, 5.41) is 21.0. The van der Waals surface area contributed by atoms with Crippen LogP contribution in [0.5, 0.6) is 5.75 Å². The highest BCUT2D eigenvalue weighted by Gasteiger charge is 2.40. The third-order valence-electron chi connectivity index (χ3n) is 6.85. The van der Waals surface area contributed by atoms with Crippen LogP contribution in [0, 0.1) is 15.5 Å². The molecule has 1 N–H and O–H groups in total. The van der Waals surface area contributed by atoms with E-state index in [9.17, 15) is 24.8 Å². The van der Waals surface area contributed by atoms with Crippen LogP contribution in [0.4, 0.5) is 16.2 Å². The Balaban J connectivity index is 1.75. The van der Waals surface area contributed by atoms with Crippen LogP contribution in [0.15, 0.2) is 12.1 Å². The number of piperazine rings is 1. The number of carbonyl (C=O) groups is 2. The number of methoxy groups -OCH3 is 1. The van der Waals surface area contributed by atoms with Gasteiger partial charge in [0, 0.05) is 56.5 Å². The van der Waals surface area contributed by atoms with Crippen molar-refractivity contribution in [3.8, 4) is 5.75 Å². The number of carbonyl (C=O) groups excluding carboxylic acids is 1. The zero-order valence-electron chi connectivity index (χ0n) is 20.0. The number of hydrogen-bond donors (Lipinski definition) is 1. The summed E-state index contributed by atoms with van der Waals surface area (Å²) in [6, 6.07) is 3.14. The first-order chi connectivity index (χ1) is 15.4. The fourth-order valence-corrected chi connectivity index (χ4v) is 4.99. The predicted molar refractivity (Wildman–Crippen MR) is 124 cm³/mol. The number of benzene rings is 1. The van der Waals surface area contributed by atoms with Gasteiger partial charge < -0.3 is 19.6 Å². The minimum absolute atomic E-state index is 0.0787. The number of rotatable bonds is 5. The van der Waals surface area contributed by atoms with Gasteiger partial charge in [0.1, 0.15) is 0 Å². The van der Waals surface area contributed by atoms with Gasteiger partial charge in [0.2, 0.25) is 0 Å². The Morgan fingerprint density at radius 2 is 1.79 bits per heavy atom. The summed E-state index contributed by atoms with van der Waals surface area (Å²) in [7, 11) is 1.38. The Hall–Kier alpha value is -2.88. The van der Waals surface area contributed by atoms with E-state index < -0.39 is 11.0 Å². The number of piperidine rings is 1. The molecule has 1 aromatic rings. The second kappa shape index (κ2) is 9.54. The molecule has 2 aliphatic heterocycles. The number of nitro benzene ring substituents is 1. The number of nitrogens with zero attached hydrogens (tertiary/aromatic N) is 4. The van der Waals surface area contributed by atoms with E-state index in [4.69, 9.17) is 4.74 Å². The summed E-state index contributed by atoms with van der Waals surface area (Å²) >= 11 is 0. The first-order valence-electron chi connectivity index (χ1n) is 11.3. The molecule has 182 valence electrons. The lowest BCUT2D eigenvalue weighted by Crippen LogP contribution is -2.62.